The van der Waals surface area contributed by atoms with Crippen molar-refractivity contribution in [3.05, 3.63) is 57.0 Å². The topological polar surface area (TPSA) is 137 Å². The summed E-state index contributed by atoms with van der Waals surface area (Å²) in [5.74, 6) is -1.15. The van der Waals surface area contributed by atoms with Crippen molar-refractivity contribution in [2.75, 3.05) is 5.32 Å². The SMILES string of the molecule is CCC1(c2ccc(NC(=O)Cn3c(=O)c4c(ncn4C)n(C)c3=O)cc2)CCC(=O)NC1=O. The Morgan fingerprint density at radius 2 is 1.85 bits per heavy atom. The number of anilines is 1. The molecule has 1 aliphatic rings. The van der Waals surface area contributed by atoms with Crippen LogP contribution in [0.25, 0.3) is 11.2 Å². The van der Waals surface area contributed by atoms with Crippen molar-refractivity contribution in [1.82, 2.24) is 24.0 Å². The predicted molar refractivity (Wildman–Crippen MR) is 120 cm³/mol. The third kappa shape index (κ3) is 3.65. The first-order valence-corrected chi connectivity index (χ1v) is 10.5. The summed E-state index contributed by atoms with van der Waals surface area (Å²) in [6, 6.07) is 6.78. The lowest BCUT2D eigenvalue weighted by atomic mass is 9.72. The minimum Gasteiger partial charge on any atom is -0.328 e. The summed E-state index contributed by atoms with van der Waals surface area (Å²) in [5, 5.41) is 5.08. The zero-order chi connectivity index (χ0) is 23.9. The summed E-state index contributed by atoms with van der Waals surface area (Å²) in [6.45, 7) is 1.43. The summed E-state index contributed by atoms with van der Waals surface area (Å²) in [4.78, 5) is 66.1. The van der Waals surface area contributed by atoms with E-state index in [1.165, 1.54) is 22.5 Å². The van der Waals surface area contributed by atoms with Gasteiger partial charge in [-0.15, -0.1) is 0 Å². The van der Waals surface area contributed by atoms with Gasteiger partial charge in [0.1, 0.15) is 6.54 Å². The summed E-state index contributed by atoms with van der Waals surface area (Å²) in [5.41, 5.74) is -0.357. The average Bonchev–Trinajstić information content (AvgIpc) is 3.18. The van der Waals surface area contributed by atoms with Gasteiger partial charge < -0.3 is 9.88 Å². The summed E-state index contributed by atoms with van der Waals surface area (Å²) in [7, 11) is 3.13. The molecule has 11 nitrogen and oxygen atoms in total. The fraction of sp³-hybridized carbons (Fsp3) is 0.364. The Balaban J connectivity index is 1.55. The van der Waals surface area contributed by atoms with Crippen molar-refractivity contribution in [3.63, 3.8) is 0 Å². The standard InChI is InChI=1S/C22H24N6O5/c1-4-22(10-9-15(29)25-20(22)32)13-5-7-14(8-6-13)24-16(30)11-28-19(31)17-18(23-12-26(17)2)27(3)21(28)33/h5-8,12H,4,9-11H2,1-3H3,(H,24,30)(H,25,29,32). The molecular formula is C22H24N6O5. The number of rotatable bonds is 5. The van der Waals surface area contributed by atoms with Crippen LogP contribution in [0, 0.1) is 0 Å². The van der Waals surface area contributed by atoms with E-state index in [1.54, 1.807) is 31.3 Å². The van der Waals surface area contributed by atoms with Gasteiger partial charge in [0.05, 0.1) is 11.7 Å². The minimum atomic E-state index is -0.797. The van der Waals surface area contributed by atoms with Crippen LogP contribution >= 0.6 is 0 Å². The van der Waals surface area contributed by atoms with Crippen molar-refractivity contribution in [2.45, 2.75) is 38.1 Å². The van der Waals surface area contributed by atoms with E-state index in [2.05, 4.69) is 15.6 Å². The monoisotopic (exact) mass is 452 g/mol. The zero-order valence-electron chi connectivity index (χ0n) is 18.5. The van der Waals surface area contributed by atoms with Gasteiger partial charge in [0, 0.05) is 26.2 Å². The number of hydrogen-bond acceptors (Lipinski definition) is 6. The van der Waals surface area contributed by atoms with Crippen LogP contribution < -0.4 is 21.9 Å². The number of fused-ring (bicyclic) bond motifs is 1. The number of benzene rings is 1. The van der Waals surface area contributed by atoms with E-state index >= 15 is 0 Å². The third-order valence-electron chi connectivity index (χ3n) is 6.29. The summed E-state index contributed by atoms with van der Waals surface area (Å²) < 4.78 is 3.59. The molecule has 0 spiro atoms. The number of carbonyl (C=O) groups is 3. The van der Waals surface area contributed by atoms with Crippen LogP contribution in [-0.2, 0) is 40.4 Å². The maximum absolute atomic E-state index is 12.8. The van der Waals surface area contributed by atoms with Crippen molar-refractivity contribution < 1.29 is 14.4 Å². The first kappa shape index (κ1) is 22.2. The molecule has 0 radical (unpaired) electrons. The molecule has 3 aromatic rings. The Morgan fingerprint density at radius 3 is 2.48 bits per heavy atom. The van der Waals surface area contributed by atoms with Crippen molar-refractivity contribution in [2.24, 2.45) is 14.1 Å². The molecule has 0 saturated carbocycles. The zero-order valence-corrected chi connectivity index (χ0v) is 18.5. The quantitative estimate of drug-likeness (QED) is 0.529. The van der Waals surface area contributed by atoms with Crippen LogP contribution in [0.5, 0.6) is 0 Å². The molecule has 3 amide bonds. The Bertz CT molecular complexity index is 1400. The van der Waals surface area contributed by atoms with Gasteiger partial charge in [-0.3, -0.25) is 29.1 Å². The second-order valence-corrected chi connectivity index (χ2v) is 8.20. The second kappa shape index (κ2) is 8.15. The van der Waals surface area contributed by atoms with Gasteiger partial charge in [0.25, 0.3) is 5.56 Å². The molecule has 3 heterocycles. The van der Waals surface area contributed by atoms with Gasteiger partial charge in [-0.25, -0.2) is 14.3 Å². The first-order chi connectivity index (χ1) is 15.7. The number of imide groups is 1. The molecule has 33 heavy (non-hydrogen) atoms. The van der Waals surface area contributed by atoms with Crippen LogP contribution in [0.2, 0.25) is 0 Å². The number of amides is 3. The Hall–Kier alpha value is -4.02. The summed E-state index contributed by atoms with van der Waals surface area (Å²) >= 11 is 0. The van der Waals surface area contributed by atoms with E-state index in [0.717, 1.165) is 10.1 Å². The highest BCUT2D eigenvalue weighted by Gasteiger charge is 2.42. The van der Waals surface area contributed by atoms with Crippen LogP contribution in [0.1, 0.15) is 31.7 Å². The molecule has 11 heteroatoms. The van der Waals surface area contributed by atoms with Gasteiger partial charge in [0.2, 0.25) is 17.7 Å². The molecule has 4 rings (SSSR count). The van der Waals surface area contributed by atoms with Crippen molar-refractivity contribution in [1.29, 1.82) is 0 Å². The molecule has 172 valence electrons. The molecule has 2 N–H and O–H groups in total. The number of aromatic nitrogens is 4. The molecule has 0 bridgehead atoms. The number of aryl methyl sites for hydroxylation is 2. The molecule has 0 aliphatic carbocycles. The van der Waals surface area contributed by atoms with Crippen LogP contribution in [0.15, 0.2) is 40.2 Å². The normalized spacial score (nSPS) is 18.4. The molecule has 1 aliphatic heterocycles. The van der Waals surface area contributed by atoms with Gasteiger partial charge in [-0.2, -0.15) is 0 Å². The van der Waals surface area contributed by atoms with Gasteiger partial charge >= 0.3 is 5.69 Å². The van der Waals surface area contributed by atoms with E-state index in [-0.39, 0.29) is 29.4 Å². The summed E-state index contributed by atoms with van der Waals surface area (Å²) in [6.07, 6.45) is 2.65. The van der Waals surface area contributed by atoms with Crippen LogP contribution in [0.3, 0.4) is 0 Å². The molecule has 2 aromatic heterocycles. The highest BCUT2D eigenvalue weighted by atomic mass is 16.2. The second-order valence-electron chi connectivity index (χ2n) is 8.20. The lowest BCUT2D eigenvalue weighted by Gasteiger charge is -2.35. The number of piperidine rings is 1. The van der Waals surface area contributed by atoms with Gasteiger partial charge in [-0.05, 0) is 30.5 Å². The molecule has 1 unspecified atom stereocenters. The largest absolute Gasteiger partial charge is 0.332 e. The van der Waals surface area contributed by atoms with E-state index in [0.29, 0.717) is 18.5 Å². The molecular weight excluding hydrogens is 428 g/mol. The van der Waals surface area contributed by atoms with E-state index < -0.39 is 29.1 Å². The number of nitrogens with one attached hydrogen (secondary N) is 2. The number of hydrogen-bond donors (Lipinski definition) is 2. The van der Waals surface area contributed by atoms with Crippen molar-refractivity contribution in [3.8, 4) is 0 Å². The fourth-order valence-electron chi connectivity index (χ4n) is 4.32. The molecule has 1 atom stereocenters. The molecule has 1 saturated heterocycles. The molecule has 1 fully saturated rings. The van der Waals surface area contributed by atoms with E-state index in [1.807, 2.05) is 6.92 Å². The van der Waals surface area contributed by atoms with E-state index in [4.69, 9.17) is 0 Å². The van der Waals surface area contributed by atoms with Gasteiger partial charge in [-0.1, -0.05) is 19.1 Å². The van der Waals surface area contributed by atoms with Crippen LogP contribution in [-0.4, -0.2) is 36.4 Å². The van der Waals surface area contributed by atoms with Crippen molar-refractivity contribution >= 4 is 34.6 Å². The average molecular weight is 452 g/mol. The highest BCUT2D eigenvalue weighted by molar-refractivity contribution is 6.03. The smallest absolute Gasteiger partial charge is 0.328 e. The fourth-order valence-corrected chi connectivity index (χ4v) is 4.32. The maximum atomic E-state index is 12.8. The number of nitrogens with zero attached hydrogens (tertiary/aromatic N) is 4. The highest BCUT2D eigenvalue weighted by Crippen LogP contribution is 2.36. The minimum absolute atomic E-state index is 0.225. The Morgan fingerprint density at radius 1 is 1.15 bits per heavy atom. The lowest BCUT2D eigenvalue weighted by molar-refractivity contribution is -0.138. The van der Waals surface area contributed by atoms with E-state index in [9.17, 15) is 24.0 Å². The molecule has 1 aromatic carbocycles. The number of imidazole rings is 1. The van der Waals surface area contributed by atoms with Crippen LogP contribution in [0.4, 0.5) is 5.69 Å². The Kier molecular flexibility index (Phi) is 5.48. The third-order valence-corrected chi connectivity index (χ3v) is 6.29. The first-order valence-electron chi connectivity index (χ1n) is 10.5. The lowest BCUT2D eigenvalue weighted by Crippen LogP contribution is -2.51. The predicted octanol–water partition coefficient (Wildman–Crippen LogP) is 0.157. The number of carbonyl (C=O) groups excluding carboxylic acids is 3. The Labute approximate surface area is 188 Å². The maximum Gasteiger partial charge on any atom is 0.332 e. The van der Waals surface area contributed by atoms with Gasteiger partial charge in [0.15, 0.2) is 11.2 Å².